The zero-order chi connectivity index (χ0) is 13.1. The van der Waals surface area contributed by atoms with Gasteiger partial charge in [-0.05, 0) is 48.9 Å². The van der Waals surface area contributed by atoms with Crippen LogP contribution in [0.5, 0.6) is 0 Å². The van der Waals surface area contributed by atoms with E-state index in [1.54, 1.807) is 0 Å². The second-order valence-electron chi connectivity index (χ2n) is 4.28. The van der Waals surface area contributed by atoms with E-state index in [4.69, 9.17) is 0 Å². The van der Waals surface area contributed by atoms with Gasteiger partial charge in [0.05, 0.1) is 6.04 Å². The summed E-state index contributed by atoms with van der Waals surface area (Å²) in [5.74, 6) is 0. The molecule has 0 spiro atoms. The van der Waals surface area contributed by atoms with Crippen molar-refractivity contribution in [2.45, 2.75) is 13.0 Å². The van der Waals surface area contributed by atoms with Crippen molar-refractivity contribution in [3.05, 3.63) is 68.1 Å². The summed E-state index contributed by atoms with van der Waals surface area (Å²) in [6.45, 7) is 2.11. The van der Waals surface area contributed by atoms with Crippen molar-refractivity contribution in [3.63, 3.8) is 0 Å². The highest BCUT2D eigenvalue weighted by atomic mass is 79.9. The number of nitrogens with one attached hydrogen (secondary N) is 1. The Kier molecular flexibility index (Phi) is 4.60. The van der Waals surface area contributed by atoms with Gasteiger partial charge in [-0.1, -0.05) is 56.1 Å². The quantitative estimate of drug-likeness (QED) is 0.818. The fraction of sp³-hybridized carbons (Fsp3) is 0.200. The Morgan fingerprint density at radius 1 is 0.944 bits per heavy atom. The highest BCUT2D eigenvalue weighted by Gasteiger charge is 2.12. The molecule has 1 atom stereocenters. The normalized spacial score (nSPS) is 12.4. The second-order valence-corrected chi connectivity index (χ2v) is 6.05. The van der Waals surface area contributed by atoms with Crippen LogP contribution in [-0.4, -0.2) is 7.05 Å². The average Bonchev–Trinajstić information content (AvgIpc) is 2.37. The highest BCUT2D eigenvalue weighted by Crippen LogP contribution is 2.26. The maximum Gasteiger partial charge on any atom is 0.0574 e. The lowest BCUT2D eigenvalue weighted by atomic mass is 9.98. The largest absolute Gasteiger partial charge is 0.309 e. The second kappa shape index (κ2) is 6.00. The summed E-state index contributed by atoms with van der Waals surface area (Å²) in [6.07, 6.45) is 0. The molecule has 0 aliphatic heterocycles. The average molecular weight is 369 g/mol. The van der Waals surface area contributed by atoms with Crippen molar-refractivity contribution in [1.29, 1.82) is 0 Å². The van der Waals surface area contributed by atoms with Crippen molar-refractivity contribution < 1.29 is 0 Å². The molecule has 1 unspecified atom stereocenters. The maximum atomic E-state index is 3.54. The lowest BCUT2D eigenvalue weighted by Gasteiger charge is -2.18. The predicted octanol–water partition coefficient (Wildman–Crippen LogP) is 4.83. The number of aryl methyl sites for hydroxylation is 1. The summed E-state index contributed by atoms with van der Waals surface area (Å²) < 4.78 is 2.25. The third kappa shape index (κ3) is 3.02. The van der Waals surface area contributed by atoms with E-state index in [9.17, 15) is 0 Å². The molecule has 2 aromatic carbocycles. The van der Waals surface area contributed by atoms with E-state index in [1.807, 2.05) is 7.05 Å². The van der Waals surface area contributed by atoms with Gasteiger partial charge in [0.15, 0.2) is 0 Å². The zero-order valence-corrected chi connectivity index (χ0v) is 13.5. The van der Waals surface area contributed by atoms with Gasteiger partial charge in [0.2, 0.25) is 0 Å². The summed E-state index contributed by atoms with van der Waals surface area (Å²) in [5, 5.41) is 3.37. The van der Waals surface area contributed by atoms with Crippen LogP contribution in [0.2, 0.25) is 0 Å². The number of hydrogen-bond donors (Lipinski definition) is 1. The number of rotatable bonds is 3. The molecular weight excluding hydrogens is 354 g/mol. The van der Waals surface area contributed by atoms with E-state index in [0.717, 1.165) is 8.95 Å². The molecule has 1 N–H and O–H groups in total. The van der Waals surface area contributed by atoms with E-state index in [2.05, 4.69) is 86.6 Å². The molecule has 2 aromatic rings. The summed E-state index contributed by atoms with van der Waals surface area (Å²) in [7, 11) is 1.99. The van der Waals surface area contributed by atoms with Crippen LogP contribution in [-0.2, 0) is 0 Å². The van der Waals surface area contributed by atoms with Gasteiger partial charge in [-0.2, -0.15) is 0 Å². The molecule has 0 amide bonds. The van der Waals surface area contributed by atoms with E-state index >= 15 is 0 Å². The first-order chi connectivity index (χ1) is 8.61. The Morgan fingerprint density at radius 2 is 1.56 bits per heavy atom. The van der Waals surface area contributed by atoms with Crippen LogP contribution in [0.25, 0.3) is 0 Å². The predicted molar refractivity (Wildman–Crippen MR) is 83.9 cm³/mol. The van der Waals surface area contributed by atoms with Gasteiger partial charge in [0.25, 0.3) is 0 Å². The van der Waals surface area contributed by atoms with Crippen LogP contribution in [0.1, 0.15) is 22.7 Å². The van der Waals surface area contributed by atoms with E-state index < -0.39 is 0 Å². The molecule has 3 heteroatoms. The first kappa shape index (κ1) is 13.8. The van der Waals surface area contributed by atoms with Crippen LogP contribution in [0.15, 0.2) is 51.4 Å². The van der Waals surface area contributed by atoms with Crippen molar-refractivity contribution in [2.24, 2.45) is 0 Å². The Bertz CT molecular complexity index is 535. The molecular formula is C15H15Br2N. The molecule has 18 heavy (non-hydrogen) atoms. The van der Waals surface area contributed by atoms with Gasteiger partial charge < -0.3 is 5.32 Å². The van der Waals surface area contributed by atoms with Gasteiger partial charge in [-0.3, -0.25) is 0 Å². The monoisotopic (exact) mass is 367 g/mol. The molecule has 94 valence electrons. The Hall–Kier alpha value is -0.640. The fourth-order valence-corrected chi connectivity index (χ4v) is 2.54. The van der Waals surface area contributed by atoms with Gasteiger partial charge in [-0.15, -0.1) is 0 Å². The molecule has 0 aromatic heterocycles. The third-order valence-electron chi connectivity index (χ3n) is 3.01. The van der Waals surface area contributed by atoms with Crippen molar-refractivity contribution in [2.75, 3.05) is 7.05 Å². The molecule has 0 saturated heterocycles. The molecule has 2 rings (SSSR count). The molecule has 0 bridgehead atoms. The molecule has 0 aliphatic rings. The first-order valence-electron chi connectivity index (χ1n) is 5.80. The minimum absolute atomic E-state index is 0.227. The minimum atomic E-state index is 0.227. The van der Waals surface area contributed by atoms with Crippen molar-refractivity contribution in [3.8, 4) is 0 Å². The van der Waals surface area contributed by atoms with Crippen LogP contribution in [0.3, 0.4) is 0 Å². The number of benzene rings is 2. The van der Waals surface area contributed by atoms with E-state index in [1.165, 1.54) is 16.7 Å². The van der Waals surface area contributed by atoms with Gasteiger partial charge in [0.1, 0.15) is 0 Å². The third-order valence-corrected chi connectivity index (χ3v) is 4.43. The van der Waals surface area contributed by atoms with Crippen LogP contribution < -0.4 is 5.32 Å². The lowest BCUT2D eigenvalue weighted by Crippen LogP contribution is -2.17. The fourth-order valence-electron chi connectivity index (χ4n) is 2.03. The summed E-state index contributed by atoms with van der Waals surface area (Å²) in [4.78, 5) is 0. The van der Waals surface area contributed by atoms with E-state index in [-0.39, 0.29) is 6.04 Å². The topological polar surface area (TPSA) is 12.0 Å². The van der Waals surface area contributed by atoms with Crippen LogP contribution in [0.4, 0.5) is 0 Å². The molecule has 0 fully saturated rings. The van der Waals surface area contributed by atoms with Gasteiger partial charge >= 0.3 is 0 Å². The molecule has 0 saturated carbocycles. The molecule has 0 aliphatic carbocycles. The lowest BCUT2D eigenvalue weighted by molar-refractivity contribution is 0.691. The number of hydrogen-bond acceptors (Lipinski definition) is 1. The summed E-state index contributed by atoms with van der Waals surface area (Å²) in [5.41, 5.74) is 3.80. The zero-order valence-electron chi connectivity index (χ0n) is 10.4. The van der Waals surface area contributed by atoms with Gasteiger partial charge in [0, 0.05) is 8.95 Å². The van der Waals surface area contributed by atoms with E-state index in [0.29, 0.717) is 0 Å². The van der Waals surface area contributed by atoms with Crippen LogP contribution >= 0.6 is 31.9 Å². The first-order valence-corrected chi connectivity index (χ1v) is 7.39. The highest BCUT2D eigenvalue weighted by molar-refractivity contribution is 9.10. The minimum Gasteiger partial charge on any atom is -0.309 e. The standard InChI is InChI=1S/C15H15Br2N/c1-10-9-12(5-8-14(10)17)15(18-2)11-3-6-13(16)7-4-11/h3-9,15,18H,1-2H3. The molecule has 0 radical (unpaired) electrons. The molecule has 0 heterocycles. The summed E-state index contributed by atoms with van der Waals surface area (Å²) >= 11 is 7.01. The van der Waals surface area contributed by atoms with Crippen molar-refractivity contribution >= 4 is 31.9 Å². The SMILES string of the molecule is CNC(c1ccc(Br)cc1)c1ccc(Br)c(C)c1. The smallest absolute Gasteiger partial charge is 0.0574 e. The Morgan fingerprint density at radius 3 is 2.11 bits per heavy atom. The summed E-state index contributed by atoms with van der Waals surface area (Å²) in [6, 6.07) is 15.1. The Labute approximate surface area is 125 Å². The molecule has 1 nitrogen and oxygen atoms in total. The van der Waals surface area contributed by atoms with Crippen LogP contribution in [0, 0.1) is 6.92 Å². The van der Waals surface area contributed by atoms with Crippen molar-refractivity contribution in [1.82, 2.24) is 5.32 Å². The van der Waals surface area contributed by atoms with Gasteiger partial charge in [-0.25, -0.2) is 0 Å². The Balaban J connectivity index is 2.38. The number of halogens is 2. The maximum absolute atomic E-state index is 3.54.